The van der Waals surface area contributed by atoms with Gasteiger partial charge in [-0.05, 0) is 60.0 Å². The van der Waals surface area contributed by atoms with Gasteiger partial charge >= 0.3 is 0 Å². The van der Waals surface area contributed by atoms with E-state index in [4.69, 9.17) is 15.2 Å². The predicted molar refractivity (Wildman–Crippen MR) is 127 cm³/mol. The van der Waals surface area contributed by atoms with Gasteiger partial charge in [-0.1, -0.05) is 36.4 Å². The molecule has 0 aromatic heterocycles. The van der Waals surface area contributed by atoms with E-state index in [1.807, 2.05) is 61.2 Å². The first kappa shape index (κ1) is 23.1. The molecule has 1 heterocycles. The third-order valence-electron chi connectivity index (χ3n) is 5.33. The number of amides is 1. The fourth-order valence-electron chi connectivity index (χ4n) is 3.91. The van der Waals surface area contributed by atoms with E-state index in [0.29, 0.717) is 31.8 Å². The highest BCUT2D eigenvalue weighted by Crippen LogP contribution is 2.31. The molecule has 0 spiro atoms. The Morgan fingerprint density at radius 1 is 1.16 bits per heavy atom. The summed E-state index contributed by atoms with van der Waals surface area (Å²) in [5, 5.41) is 2.15. The number of hydrogen-bond donors (Lipinski definition) is 1. The number of fused-ring (bicyclic) bond motifs is 1. The lowest BCUT2D eigenvalue weighted by Gasteiger charge is -2.32. The molecule has 1 amide bonds. The Hall–Kier alpha value is -2.60. The number of halogens is 1. The maximum absolute atomic E-state index is 13.0. The number of hydrogen-bond acceptors (Lipinski definition) is 4. The predicted octanol–water partition coefficient (Wildman–Crippen LogP) is 4.52. The van der Waals surface area contributed by atoms with Crippen LogP contribution in [0, 0.1) is 0 Å². The number of benzene rings is 3. The van der Waals surface area contributed by atoms with E-state index in [1.54, 1.807) is 0 Å². The van der Waals surface area contributed by atoms with Gasteiger partial charge in [0.25, 0.3) is 5.91 Å². The van der Waals surface area contributed by atoms with E-state index < -0.39 is 0 Å². The zero-order valence-corrected chi connectivity index (χ0v) is 18.7. The van der Waals surface area contributed by atoms with Crippen LogP contribution >= 0.6 is 12.4 Å². The van der Waals surface area contributed by atoms with E-state index in [-0.39, 0.29) is 30.5 Å². The highest BCUT2D eigenvalue weighted by atomic mass is 35.5. The molecule has 1 aliphatic rings. The van der Waals surface area contributed by atoms with Gasteiger partial charge in [-0.3, -0.25) is 4.79 Å². The van der Waals surface area contributed by atoms with Crippen molar-refractivity contribution in [3.63, 3.8) is 0 Å². The summed E-state index contributed by atoms with van der Waals surface area (Å²) in [5.74, 6) is 0.879. The van der Waals surface area contributed by atoms with Crippen LogP contribution in [0.2, 0.25) is 0 Å². The largest absolute Gasteiger partial charge is 0.491 e. The summed E-state index contributed by atoms with van der Waals surface area (Å²) >= 11 is 0. The van der Waals surface area contributed by atoms with Crippen LogP contribution in [0.4, 0.5) is 0 Å². The van der Waals surface area contributed by atoms with E-state index in [0.717, 1.165) is 27.6 Å². The zero-order valence-electron chi connectivity index (χ0n) is 17.9. The first-order chi connectivity index (χ1) is 14.5. The van der Waals surface area contributed by atoms with Crippen LogP contribution in [0.5, 0.6) is 5.75 Å². The molecule has 4 rings (SSSR count). The molecule has 2 N–H and O–H groups in total. The van der Waals surface area contributed by atoms with Crippen LogP contribution in [0.15, 0.2) is 60.7 Å². The summed E-state index contributed by atoms with van der Waals surface area (Å²) in [5.41, 5.74) is 8.62. The topological polar surface area (TPSA) is 64.8 Å². The molecule has 6 heteroatoms. The second-order valence-corrected chi connectivity index (χ2v) is 7.92. The Kier molecular flexibility index (Phi) is 7.55. The van der Waals surface area contributed by atoms with Crippen molar-refractivity contribution in [2.75, 3.05) is 26.2 Å². The second-order valence-electron chi connectivity index (χ2n) is 7.92. The normalized spacial score (nSPS) is 16.3. The Morgan fingerprint density at radius 3 is 2.74 bits per heavy atom. The van der Waals surface area contributed by atoms with Crippen molar-refractivity contribution < 1.29 is 14.3 Å². The van der Waals surface area contributed by atoms with Gasteiger partial charge in [0.05, 0.1) is 18.8 Å². The van der Waals surface area contributed by atoms with Gasteiger partial charge in [0.1, 0.15) is 5.75 Å². The average molecular weight is 441 g/mol. The number of carbonyl (C=O) groups is 1. The highest BCUT2D eigenvalue weighted by Gasteiger charge is 2.24. The monoisotopic (exact) mass is 440 g/mol. The fourth-order valence-corrected chi connectivity index (χ4v) is 3.91. The molecule has 1 aliphatic heterocycles. The first-order valence-corrected chi connectivity index (χ1v) is 10.5. The van der Waals surface area contributed by atoms with Gasteiger partial charge in [0.2, 0.25) is 0 Å². The summed E-state index contributed by atoms with van der Waals surface area (Å²) in [7, 11) is 0. The lowest BCUT2D eigenvalue weighted by atomic mass is 9.96. The van der Waals surface area contributed by atoms with Crippen molar-refractivity contribution in [3.8, 4) is 16.9 Å². The van der Waals surface area contributed by atoms with Gasteiger partial charge in [0, 0.05) is 25.2 Å². The Labute approximate surface area is 189 Å². The minimum Gasteiger partial charge on any atom is -0.491 e. The van der Waals surface area contributed by atoms with E-state index in [9.17, 15) is 4.79 Å². The van der Waals surface area contributed by atoms with Crippen LogP contribution in [0.25, 0.3) is 21.9 Å². The molecule has 31 heavy (non-hydrogen) atoms. The molecule has 0 radical (unpaired) electrons. The fraction of sp³-hybridized carbons (Fsp3) is 0.320. The zero-order chi connectivity index (χ0) is 21.1. The lowest BCUT2D eigenvalue weighted by Crippen LogP contribution is -2.48. The average Bonchev–Trinajstić information content (AvgIpc) is 2.77. The molecule has 3 aromatic rings. The molecule has 0 aliphatic carbocycles. The molecular weight excluding hydrogens is 412 g/mol. The number of nitrogens with zero attached hydrogens (tertiary/aromatic N) is 1. The summed E-state index contributed by atoms with van der Waals surface area (Å²) in [6, 6.07) is 20.2. The third-order valence-corrected chi connectivity index (χ3v) is 5.33. The number of rotatable bonds is 5. The third kappa shape index (κ3) is 5.18. The number of carbonyl (C=O) groups excluding carboxylic acids is 1. The first-order valence-electron chi connectivity index (χ1n) is 10.5. The van der Waals surface area contributed by atoms with Gasteiger partial charge in [-0.2, -0.15) is 0 Å². The molecule has 1 fully saturated rings. The van der Waals surface area contributed by atoms with Gasteiger partial charge in [-0.25, -0.2) is 0 Å². The lowest BCUT2D eigenvalue weighted by molar-refractivity contribution is -0.0167. The summed E-state index contributed by atoms with van der Waals surface area (Å²) in [6.45, 7) is 6.12. The van der Waals surface area contributed by atoms with Gasteiger partial charge < -0.3 is 20.1 Å². The van der Waals surface area contributed by atoms with E-state index in [1.165, 1.54) is 0 Å². The Balaban J connectivity index is 0.00000272. The number of ether oxygens (including phenoxy) is 2. The quantitative estimate of drug-likeness (QED) is 0.633. The van der Waals surface area contributed by atoms with Crippen molar-refractivity contribution in [3.05, 3.63) is 66.2 Å². The van der Waals surface area contributed by atoms with Crippen LogP contribution < -0.4 is 10.5 Å². The minimum absolute atomic E-state index is 0. The summed E-state index contributed by atoms with van der Waals surface area (Å²) in [6.07, 6.45) is 0.0375. The van der Waals surface area contributed by atoms with Crippen LogP contribution in [-0.2, 0) is 4.74 Å². The molecule has 164 valence electrons. The molecular formula is C25H29ClN2O3. The Bertz CT molecular complexity index is 1050. The minimum atomic E-state index is -0.0879. The van der Waals surface area contributed by atoms with Crippen LogP contribution in [-0.4, -0.2) is 49.3 Å². The molecule has 1 atom stereocenters. The highest BCUT2D eigenvalue weighted by molar-refractivity contribution is 6.02. The van der Waals surface area contributed by atoms with Gasteiger partial charge in [-0.15, -0.1) is 12.4 Å². The Morgan fingerprint density at radius 2 is 1.97 bits per heavy atom. The van der Waals surface area contributed by atoms with Crippen molar-refractivity contribution in [1.29, 1.82) is 0 Å². The molecule has 0 bridgehead atoms. The maximum atomic E-state index is 13.0. The van der Waals surface area contributed by atoms with Crippen molar-refractivity contribution >= 4 is 29.1 Å². The number of morpholine rings is 1. The molecule has 1 unspecified atom stereocenters. The van der Waals surface area contributed by atoms with Crippen LogP contribution in [0.3, 0.4) is 0 Å². The van der Waals surface area contributed by atoms with Crippen molar-refractivity contribution in [2.24, 2.45) is 5.73 Å². The molecule has 0 saturated carbocycles. The van der Waals surface area contributed by atoms with E-state index in [2.05, 4.69) is 18.2 Å². The SMILES string of the molecule is CC(C)Oc1cccc(-c2cccc3cc(C(=O)N4CCOC(CN)C4)ccc23)c1.Cl. The van der Waals surface area contributed by atoms with Crippen molar-refractivity contribution in [2.45, 2.75) is 26.1 Å². The second kappa shape index (κ2) is 10.1. The van der Waals surface area contributed by atoms with Crippen molar-refractivity contribution in [1.82, 2.24) is 4.90 Å². The standard InChI is InChI=1S/C25H28N2O3.ClH/c1-17(2)30-21-7-3-5-19(14-21)23-8-4-6-18-13-20(9-10-24(18)23)25(28)27-11-12-29-22(15-26)16-27;/h3-10,13-14,17,22H,11-12,15-16,26H2,1-2H3;1H. The molecule has 3 aromatic carbocycles. The van der Waals surface area contributed by atoms with Gasteiger partial charge in [0.15, 0.2) is 0 Å². The van der Waals surface area contributed by atoms with Crippen LogP contribution in [0.1, 0.15) is 24.2 Å². The summed E-state index contributed by atoms with van der Waals surface area (Å²) < 4.78 is 11.4. The summed E-state index contributed by atoms with van der Waals surface area (Å²) in [4.78, 5) is 14.9. The maximum Gasteiger partial charge on any atom is 0.254 e. The number of nitrogens with two attached hydrogens (primary N) is 1. The molecule has 5 nitrogen and oxygen atoms in total. The van der Waals surface area contributed by atoms with E-state index >= 15 is 0 Å². The molecule has 1 saturated heterocycles. The smallest absolute Gasteiger partial charge is 0.254 e.